The van der Waals surface area contributed by atoms with E-state index >= 15 is 0 Å². The average Bonchev–Trinajstić information content (AvgIpc) is 2.03. The maximum absolute atomic E-state index is 10.9. The van der Waals surface area contributed by atoms with Crippen molar-refractivity contribution in [2.75, 3.05) is 15.7 Å². The van der Waals surface area contributed by atoms with Gasteiger partial charge in [-0.25, -0.2) is 13.6 Å². The number of hydrogen-bond donors (Lipinski definition) is 3. The van der Waals surface area contributed by atoms with Crippen molar-refractivity contribution in [3.63, 3.8) is 0 Å². The van der Waals surface area contributed by atoms with Crippen molar-refractivity contribution < 1.29 is 16.8 Å². The molecule has 0 aliphatic heterocycles. The number of rotatable bonds is 4. The number of anilines is 2. The molecule has 0 amide bonds. The lowest BCUT2D eigenvalue weighted by atomic mass is 10.3. The molecule has 9 heteroatoms. The molecule has 1 aromatic carbocycles. The number of nitrogens with two attached hydrogens (primary N) is 1. The fourth-order valence-corrected chi connectivity index (χ4v) is 2.01. The topological polar surface area (TPSA) is 118 Å². The van der Waals surface area contributed by atoms with Crippen molar-refractivity contribution in [3.05, 3.63) is 24.3 Å². The molecule has 0 aliphatic rings. The zero-order chi connectivity index (χ0) is 12.4. The second-order valence-corrected chi connectivity index (χ2v) is 6.14. The van der Waals surface area contributed by atoms with Crippen molar-refractivity contribution in [2.24, 2.45) is 5.14 Å². The predicted molar refractivity (Wildman–Crippen MR) is 61.6 cm³/mol. The van der Waals surface area contributed by atoms with Crippen LogP contribution in [-0.4, -0.2) is 23.1 Å². The first kappa shape index (κ1) is 12.7. The molecule has 0 bridgehead atoms. The predicted octanol–water partition coefficient (Wildman–Crippen LogP) is -0.326. The van der Waals surface area contributed by atoms with Crippen LogP contribution in [0.1, 0.15) is 0 Å². The molecule has 0 saturated carbocycles. The molecule has 0 heterocycles. The van der Waals surface area contributed by atoms with Gasteiger partial charge in [-0.15, -0.1) is 0 Å². The SMILES string of the molecule is CS(=O)(=O)Nc1ccc(NS(N)(=O)=O)cc1. The molecule has 0 aliphatic carbocycles. The Hall–Kier alpha value is -1.32. The van der Waals surface area contributed by atoms with Gasteiger partial charge in [0.25, 0.3) is 10.2 Å². The third kappa shape index (κ3) is 4.96. The minimum Gasteiger partial charge on any atom is -0.284 e. The Kier molecular flexibility index (Phi) is 3.41. The highest BCUT2D eigenvalue weighted by Crippen LogP contribution is 2.14. The molecule has 0 spiro atoms. The van der Waals surface area contributed by atoms with Crippen molar-refractivity contribution in [3.8, 4) is 0 Å². The highest BCUT2D eigenvalue weighted by Gasteiger charge is 2.04. The highest BCUT2D eigenvalue weighted by molar-refractivity contribution is 7.92. The molecule has 0 unspecified atom stereocenters. The lowest BCUT2D eigenvalue weighted by Gasteiger charge is -2.06. The standard InChI is InChI=1S/C7H11N3O4S2/c1-15(11,12)9-6-2-4-7(5-3-6)10-16(8,13)14/h2-5,9-10H,1H3,(H2,8,13,14). The second-order valence-electron chi connectivity index (χ2n) is 3.10. The fourth-order valence-electron chi connectivity index (χ4n) is 0.985. The van der Waals surface area contributed by atoms with Crippen LogP contribution in [0.4, 0.5) is 11.4 Å². The van der Waals surface area contributed by atoms with E-state index in [0.29, 0.717) is 5.69 Å². The first-order valence-electron chi connectivity index (χ1n) is 4.04. The van der Waals surface area contributed by atoms with E-state index in [9.17, 15) is 16.8 Å². The molecular formula is C7H11N3O4S2. The summed E-state index contributed by atoms with van der Waals surface area (Å²) in [5.41, 5.74) is 0.587. The summed E-state index contributed by atoms with van der Waals surface area (Å²) in [7, 11) is -7.15. The van der Waals surface area contributed by atoms with Gasteiger partial charge in [-0.05, 0) is 24.3 Å². The number of benzene rings is 1. The Balaban J connectivity index is 2.84. The summed E-state index contributed by atoms with van der Waals surface area (Å²) in [5.74, 6) is 0. The van der Waals surface area contributed by atoms with E-state index in [-0.39, 0.29) is 5.69 Å². The van der Waals surface area contributed by atoms with Crippen molar-refractivity contribution in [1.29, 1.82) is 0 Å². The Bertz CT molecular complexity index is 509. The molecule has 0 atom stereocenters. The summed E-state index contributed by atoms with van der Waals surface area (Å²) in [5, 5.41) is 4.76. The normalized spacial score (nSPS) is 12.1. The molecule has 1 aromatic rings. The minimum atomic E-state index is -3.81. The fraction of sp³-hybridized carbons (Fsp3) is 0.143. The Labute approximate surface area is 93.9 Å². The van der Waals surface area contributed by atoms with Crippen LogP contribution in [0.5, 0.6) is 0 Å². The van der Waals surface area contributed by atoms with Crippen molar-refractivity contribution >= 4 is 31.6 Å². The lowest BCUT2D eigenvalue weighted by molar-refractivity contribution is 0.602. The van der Waals surface area contributed by atoms with Gasteiger partial charge >= 0.3 is 0 Å². The van der Waals surface area contributed by atoms with Crippen LogP contribution in [0.2, 0.25) is 0 Å². The number of hydrogen-bond acceptors (Lipinski definition) is 4. The third-order valence-corrected chi connectivity index (χ3v) is 2.57. The molecular weight excluding hydrogens is 254 g/mol. The van der Waals surface area contributed by atoms with Crippen LogP contribution >= 0.6 is 0 Å². The maximum atomic E-state index is 10.9. The van der Waals surface area contributed by atoms with Crippen LogP contribution in [0, 0.1) is 0 Å². The largest absolute Gasteiger partial charge is 0.296 e. The molecule has 16 heavy (non-hydrogen) atoms. The van der Waals surface area contributed by atoms with Crippen LogP contribution < -0.4 is 14.6 Å². The minimum absolute atomic E-state index is 0.251. The molecule has 1 rings (SSSR count). The lowest BCUT2D eigenvalue weighted by Crippen LogP contribution is -2.21. The Morgan fingerprint density at radius 2 is 1.31 bits per heavy atom. The molecule has 0 aromatic heterocycles. The van der Waals surface area contributed by atoms with Crippen LogP contribution in [0.15, 0.2) is 24.3 Å². The van der Waals surface area contributed by atoms with Crippen LogP contribution in [0.3, 0.4) is 0 Å². The molecule has 7 nitrogen and oxygen atoms in total. The van der Waals surface area contributed by atoms with E-state index in [2.05, 4.69) is 4.72 Å². The second kappa shape index (κ2) is 4.28. The van der Waals surface area contributed by atoms with Gasteiger partial charge in [-0.1, -0.05) is 0 Å². The first-order valence-corrected chi connectivity index (χ1v) is 7.48. The first-order chi connectivity index (χ1) is 7.16. The Morgan fingerprint density at radius 1 is 0.938 bits per heavy atom. The van der Waals surface area contributed by atoms with Gasteiger partial charge in [0, 0.05) is 11.4 Å². The molecule has 0 saturated heterocycles. The zero-order valence-electron chi connectivity index (χ0n) is 8.34. The summed E-state index contributed by atoms with van der Waals surface area (Å²) < 4.78 is 47.4. The monoisotopic (exact) mass is 265 g/mol. The van der Waals surface area contributed by atoms with E-state index < -0.39 is 20.2 Å². The van der Waals surface area contributed by atoms with E-state index in [4.69, 9.17) is 5.14 Å². The van der Waals surface area contributed by atoms with Crippen molar-refractivity contribution in [1.82, 2.24) is 0 Å². The van der Waals surface area contributed by atoms with E-state index in [1.807, 2.05) is 4.72 Å². The quantitative estimate of drug-likeness (QED) is 0.690. The summed E-state index contributed by atoms with van der Waals surface area (Å²) in [6.45, 7) is 0. The summed E-state index contributed by atoms with van der Waals surface area (Å²) in [6, 6.07) is 5.60. The molecule has 4 N–H and O–H groups in total. The third-order valence-electron chi connectivity index (χ3n) is 1.45. The Morgan fingerprint density at radius 3 is 1.62 bits per heavy atom. The summed E-state index contributed by atoms with van der Waals surface area (Å²) in [6.07, 6.45) is 1.02. The molecule has 90 valence electrons. The molecule has 0 fully saturated rings. The average molecular weight is 265 g/mol. The summed E-state index contributed by atoms with van der Waals surface area (Å²) >= 11 is 0. The van der Waals surface area contributed by atoms with Gasteiger partial charge in [0.15, 0.2) is 0 Å². The van der Waals surface area contributed by atoms with E-state index in [1.165, 1.54) is 24.3 Å². The smallest absolute Gasteiger partial charge is 0.284 e. The number of sulfonamides is 1. The van der Waals surface area contributed by atoms with Gasteiger partial charge in [0.2, 0.25) is 10.0 Å². The maximum Gasteiger partial charge on any atom is 0.296 e. The zero-order valence-corrected chi connectivity index (χ0v) is 9.97. The van der Waals surface area contributed by atoms with Gasteiger partial charge < -0.3 is 0 Å². The summed E-state index contributed by atoms with van der Waals surface area (Å²) in [4.78, 5) is 0. The van der Waals surface area contributed by atoms with E-state index in [1.54, 1.807) is 0 Å². The van der Waals surface area contributed by atoms with E-state index in [0.717, 1.165) is 6.26 Å². The van der Waals surface area contributed by atoms with Crippen LogP contribution in [0.25, 0.3) is 0 Å². The number of nitrogens with one attached hydrogen (secondary N) is 2. The molecule has 0 radical (unpaired) electrons. The van der Waals surface area contributed by atoms with Crippen LogP contribution in [-0.2, 0) is 20.2 Å². The van der Waals surface area contributed by atoms with Gasteiger partial charge in [-0.3, -0.25) is 9.44 Å². The highest BCUT2D eigenvalue weighted by atomic mass is 32.2. The van der Waals surface area contributed by atoms with Crippen molar-refractivity contribution in [2.45, 2.75) is 0 Å². The van der Waals surface area contributed by atoms with Gasteiger partial charge in [-0.2, -0.15) is 8.42 Å². The van der Waals surface area contributed by atoms with Gasteiger partial charge in [0.1, 0.15) is 0 Å². The van der Waals surface area contributed by atoms with Gasteiger partial charge in [0.05, 0.1) is 6.26 Å².